The van der Waals surface area contributed by atoms with Gasteiger partial charge in [0.1, 0.15) is 0 Å². The molecule has 1 aliphatic heterocycles. The third-order valence-corrected chi connectivity index (χ3v) is 5.20. The topological polar surface area (TPSA) is 71.6 Å². The molecule has 2 aromatic rings. The highest BCUT2D eigenvalue weighted by Gasteiger charge is 2.31. The minimum absolute atomic E-state index is 0.241. The molecule has 0 saturated heterocycles. The lowest BCUT2D eigenvalue weighted by molar-refractivity contribution is -0.113. The van der Waals surface area contributed by atoms with Gasteiger partial charge in [0.25, 0.3) is 5.91 Å². The molecule has 0 spiro atoms. The first-order chi connectivity index (χ1) is 13.8. The van der Waals surface area contributed by atoms with Crippen molar-refractivity contribution in [3.8, 4) is 11.5 Å². The van der Waals surface area contributed by atoms with E-state index in [9.17, 15) is 4.79 Å². The standard InChI is InChI=1S/C21H22ClN3O3S/c1-11-7-5-6-8-15(11)24-20(26)17-12(2)23-21(29)25-18(17)13-9-14(22)19(28-4)16(10-13)27-3/h5-10,18H,1-4H3,(H,24,26)(H2,23,25,29)/t18-/m0/s1. The number of hydrogen-bond acceptors (Lipinski definition) is 4. The third kappa shape index (κ3) is 4.31. The monoisotopic (exact) mass is 431 g/mol. The van der Waals surface area contributed by atoms with Crippen LogP contribution in [0, 0.1) is 6.92 Å². The molecule has 1 amide bonds. The van der Waals surface area contributed by atoms with Crippen molar-refractivity contribution in [3.63, 3.8) is 0 Å². The molecule has 1 atom stereocenters. The number of para-hydroxylation sites is 1. The Kier molecular flexibility index (Phi) is 6.30. The Morgan fingerprint density at radius 2 is 1.90 bits per heavy atom. The molecule has 2 aromatic carbocycles. The molecule has 6 nitrogen and oxygen atoms in total. The van der Waals surface area contributed by atoms with E-state index in [0.29, 0.717) is 32.9 Å². The zero-order chi connectivity index (χ0) is 21.1. The van der Waals surface area contributed by atoms with Crippen LogP contribution in [0.5, 0.6) is 11.5 Å². The van der Waals surface area contributed by atoms with E-state index in [2.05, 4.69) is 16.0 Å². The van der Waals surface area contributed by atoms with Crippen LogP contribution in [0.15, 0.2) is 47.7 Å². The number of carbonyl (C=O) groups is 1. The van der Waals surface area contributed by atoms with E-state index in [0.717, 1.165) is 16.8 Å². The molecule has 0 radical (unpaired) electrons. The average Bonchev–Trinajstić information content (AvgIpc) is 2.68. The van der Waals surface area contributed by atoms with Gasteiger partial charge in [-0.3, -0.25) is 4.79 Å². The van der Waals surface area contributed by atoms with Gasteiger partial charge in [0, 0.05) is 11.4 Å². The number of halogens is 1. The van der Waals surface area contributed by atoms with Gasteiger partial charge in [-0.25, -0.2) is 0 Å². The normalized spacial score (nSPS) is 16.0. The highest BCUT2D eigenvalue weighted by molar-refractivity contribution is 7.80. The van der Waals surface area contributed by atoms with Gasteiger partial charge in [0.05, 0.1) is 30.9 Å². The molecule has 0 aliphatic carbocycles. The minimum atomic E-state index is -0.509. The number of benzene rings is 2. The molecule has 8 heteroatoms. The quantitative estimate of drug-likeness (QED) is 0.619. The Hall–Kier alpha value is -2.77. The summed E-state index contributed by atoms with van der Waals surface area (Å²) in [4.78, 5) is 13.2. The van der Waals surface area contributed by atoms with Crippen LogP contribution < -0.4 is 25.4 Å². The van der Waals surface area contributed by atoms with Gasteiger partial charge in [-0.1, -0.05) is 29.8 Å². The smallest absolute Gasteiger partial charge is 0.255 e. The van der Waals surface area contributed by atoms with Gasteiger partial charge in [0.15, 0.2) is 16.6 Å². The first-order valence-corrected chi connectivity index (χ1v) is 9.71. The molecule has 0 bridgehead atoms. The fourth-order valence-corrected chi connectivity index (χ4v) is 3.82. The Morgan fingerprint density at radius 3 is 2.55 bits per heavy atom. The number of methoxy groups -OCH3 is 2. The number of aryl methyl sites for hydroxylation is 1. The fraction of sp³-hybridized carbons (Fsp3) is 0.238. The van der Waals surface area contributed by atoms with Crippen molar-refractivity contribution in [2.24, 2.45) is 0 Å². The van der Waals surface area contributed by atoms with E-state index in [4.69, 9.17) is 33.3 Å². The maximum Gasteiger partial charge on any atom is 0.255 e. The van der Waals surface area contributed by atoms with Crippen LogP contribution >= 0.6 is 23.8 Å². The maximum absolute atomic E-state index is 13.2. The van der Waals surface area contributed by atoms with Crippen molar-refractivity contribution in [2.45, 2.75) is 19.9 Å². The highest BCUT2D eigenvalue weighted by Crippen LogP contribution is 2.40. The molecule has 0 fully saturated rings. The maximum atomic E-state index is 13.2. The van der Waals surface area contributed by atoms with Crippen LogP contribution in [0.3, 0.4) is 0 Å². The number of ether oxygens (including phenoxy) is 2. The van der Waals surface area contributed by atoms with Crippen molar-refractivity contribution in [1.82, 2.24) is 10.6 Å². The molecule has 3 N–H and O–H groups in total. The van der Waals surface area contributed by atoms with E-state index >= 15 is 0 Å². The van der Waals surface area contributed by atoms with Crippen LogP contribution in [0.25, 0.3) is 0 Å². The Balaban J connectivity index is 2.04. The lowest BCUT2D eigenvalue weighted by Crippen LogP contribution is -2.45. The molecule has 152 valence electrons. The summed E-state index contributed by atoms with van der Waals surface area (Å²) in [6.07, 6.45) is 0. The summed E-state index contributed by atoms with van der Waals surface area (Å²) in [7, 11) is 3.05. The summed E-state index contributed by atoms with van der Waals surface area (Å²) in [5.74, 6) is 0.661. The summed E-state index contributed by atoms with van der Waals surface area (Å²) in [6, 6.07) is 10.6. The third-order valence-electron chi connectivity index (χ3n) is 4.70. The number of rotatable bonds is 5. The van der Waals surface area contributed by atoms with E-state index in [1.54, 1.807) is 12.1 Å². The Morgan fingerprint density at radius 1 is 1.17 bits per heavy atom. The molecule has 29 heavy (non-hydrogen) atoms. The van der Waals surface area contributed by atoms with Gasteiger partial charge >= 0.3 is 0 Å². The summed E-state index contributed by atoms with van der Waals surface area (Å²) < 4.78 is 10.7. The van der Waals surface area contributed by atoms with Gasteiger partial charge < -0.3 is 25.4 Å². The number of anilines is 1. The lowest BCUT2D eigenvalue weighted by atomic mass is 9.94. The molecular formula is C21H22ClN3O3S. The molecule has 0 unspecified atom stereocenters. The SMILES string of the molecule is COc1cc([C@@H]2NC(=S)NC(C)=C2C(=O)Nc2ccccc2C)cc(Cl)c1OC. The average molecular weight is 432 g/mol. The van der Waals surface area contributed by atoms with Crippen molar-refractivity contribution in [3.05, 3.63) is 63.8 Å². The predicted molar refractivity (Wildman–Crippen MR) is 119 cm³/mol. The number of nitrogens with one attached hydrogen (secondary N) is 3. The number of amides is 1. The van der Waals surface area contributed by atoms with Gasteiger partial charge in [-0.2, -0.15) is 0 Å². The number of allylic oxidation sites excluding steroid dienone is 1. The Labute approximate surface area is 180 Å². The molecule has 1 aliphatic rings. The summed E-state index contributed by atoms with van der Waals surface area (Å²) in [5.41, 5.74) is 3.61. The highest BCUT2D eigenvalue weighted by atomic mass is 35.5. The Bertz CT molecular complexity index is 1010. The van der Waals surface area contributed by atoms with Gasteiger partial charge in [0.2, 0.25) is 0 Å². The molecule has 3 rings (SSSR count). The minimum Gasteiger partial charge on any atom is -0.493 e. The van der Waals surface area contributed by atoms with E-state index in [-0.39, 0.29) is 5.91 Å². The van der Waals surface area contributed by atoms with Crippen molar-refractivity contribution >= 4 is 40.5 Å². The van der Waals surface area contributed by atoms with E-state index in [1.165, 1.54) is 14.2 Å². The number of hydrogen-bond donors (Lipinski definition) is 3. The van der Waals surface area contributed by atoms with E-state index in [1.807, 2.05) is 38.1 Å². The van der Waals surface area contributed by atoms with Crippen LogP contribution in [0.4, 0.5) is 5.69 Å². The number of carbonyl (C=O) groups excluding carboxylic acids is 1. The second-order valence-electron chi connectivity index (χ2n) is 6.58. The second-order valence-corrected chi connectivity index (χ2v) is 7.39. The van der Waals surface area contributed by atoms with Crippen molar-refractivity contribution in [1.29, 1.82) is 0 Å². The second kappa shape index (κ2) is 8.71. The van der Waals surface area contributed by atoms with Crippen molar-refractivity contribution in [2.75, 3.05) is 19.5 Å². The van der Waals surface area contributed by atoms with Crippen LogP contribution in [-0.2, 0) is 4.79 Å². The van der Waals surface area contributed by atoms with Gasteiger partial charge in [-0.15, -0.1) is 0 Å². The fourth-order valence-electron chi connectivity index (χ4n) is 3.25. The first kappa shape index (κ1) is 21.0. The van der Waals surface area contributed by atoms with Gasteiger partial charge in [-0.05, 0) is 55.4 Å². The zero-order valence-corrected chi connectivity index (χ0v) is 18.1. The van der Waals surface area contributed by atoms with Crippen LogP contribution in [0.1, 0.15) is 24.1 Å². The lowest BCUT2D eigenvalue weighted by Gasteiger charge is -2.31. The van der Waals surface area contributed by atoms with Crippen molar-refractivity contribution < 1.29 is 14.3 Å². The molecular weight excluding hydrogens is 410 g/mol. The zero-order valence-electron chi connectivity index (χ0n) is 16.6. The van der Waals surface area contributed by atoms with Crippen LogP contribution in [-0.4, -0.2) is 25.2 Å². The van der Waals surface area contributed by atoms with Crippen LogP contribution in [0.2, 0.25) is 5.02 Å². The molecule has 0 aromatic heterocycles. The summed E-state index contributed by atoms with van der Waals surface area (Å²) in [5, 5.41) is 9.97. The summed E-state index contributed by atoms with van der Waals surface area (Å²) >= 11 is 11.7. The van der Waals surface area contributed by atoms with E-state index < -0.39 is 6.04 Å². The largest absolute Gasteiger partial charge is 0.493 e. The molecule has 0 saturated carbocycles. The molecule has 1 heterocycles. The number of thiocarbonyl (C=S) groups is 1. The summed E-state index contributed by atoms with van der Waals surface area (Å²) in [6.45, 7) is 3.75. The first-order valence-electron chi connectivity index (χ1n) is 8.92. The predicted octanol–water partition coefficient (Wildman–Crippen LogP) is 4.10.